The summed E-state index contributed by atoms with van der Waals surface area (Å²) in [7, 11) is 0. The summed E-state index contributed by atoms with van der Waals surface area (Å²) in [5.41, 5.74) is 0.696. The van der Waals surface area contributed by atoms with Gasteiger partial charge in [-0.15, -0.1) is 0 Å². The van der Waals surface area contributed by atoms with E-state index in [2.05, 4.69) is 31.4 Å². The minimum atomic E-state index is 0.657. The van der Waals surface area contributed by atoms with E-state index in [1.165, 1.54) is 32.2 Å². The number of hydrogen-bond donors (Lipinski definition) is 2. The number of rotatable bonds is 8. The Hall–Kier alpha value is -0.0800. The summed E-state index contributed by atoms with van der Waals surface area (Å²) in [5, 5.41) is 7.02. The quantitative estimate of drug-likeness (QED) is 0.584. The number of nitrogens with one attached hydrogen (secondary N) is 2. The van der Waals surface area contributed by atoms with E-state index < -0.39 is 0 Å². The van der Waals surface area contributed by atoms with Crippen LogP contribution in [0.15, 0.2) is 0 Å². The van der Waals surface area contributed by atoms with Crippen LogP contribution in [0.5, 0.6) is 0 Å². The molecule has 0 aromatic heterocycles. The molecule has 0 bridgehead atoms. The molecule has 1 fully saturated rings. The molecule has 2 heteroatoms. The Labute approximate surface area is 88.8 Å². The monoisotopic (exact) mass is 198 g/mol. The van der Waals surface area contributed by atoms with Gasteiger partial charge in [0, 0.05) is 12.6 Å². The molecule has 0 aromatic carbocycles. The first-order valence-electron chi connectivity index (χ1n) is 6.16. The Morgan fingerprint density at radius 3 is 2.50 bits per heavy atom. The zero-order valence-electron chi connectivity index (χ0n) is 10.0. The molecule has 1 atom stereocenters. The highest BCUT2D eigenvalue weighted by Gasteiger charge is 2.39. The first-order valence-corrected chi connectivity index (χ1v) is 6.16. The van der Waals surface area contributed by atoms with E-state index >= 15 is 0 Å². The van der Waals surface area contributed by atoms with Crippen LogP contribution in [0.1, 0.15) is 46.5 Å². The average molecular weight is 198 g/mol. The number of hydrogen-bond acceptors (Lipinski definition) is 2. The molecule has 0 saturated heterocycles. The van der Waals surface area contributed by atoms with Crippen molar-refractivity contribution in [1.29, 1.82) is 0 Å². The fourth-order valence-corrected chi connectivity index (χ4v) is 1.95. The molecule has 0 spiro atoms. The van der Waals surface area contributed by atoms with Crippen molar-refractivity contribution in [2.24, 2.45) is 5.41 Å². The van der Waals surface area contributed by atoms with E-state index in [0.29, 0.717) is 11.5 Å². The molecular formula is C12H26N2. The molecule has 0 heterocycles. The molecule has 0 radical (unpaired) electrons. The molecule has 1 aliphatic carbocycles. The molecule has 1 saturated carbocycles. The van der Waals surface area contributed by atoms with Crippen molar-refractivity contribution in [3.63, 3.8) is 0 Å². The maximum absolute atomic E-state index is 3.59. The summed E-state index contributed by atoms with van der Waals surface area (Å²) in [6.45, 7) is 10.2. The normalized spacial score (nSPS) is 20.8. The second kappa shape index (κ2) is 5.72. The van der Waals surface area contributed by atoms with Gasteiger partial charge in [0.25, 0.3) is 0 Å². The summed E-state index contributed by atoms with van der Waals surface area (Å²) in [5.74, 6) is 0. The molecule has 0 aromatic rings. The van der Waals surface area contributed by atoms with E-state index in [1.807, 2.05) is 0 Å². The second-order valence-corrected chi connectivity index (χ2v) is 4.78. The maximum atomic E-state index is 3.59. The summed E-state index contributed by atoms with van der Waals surface area (Å²) < 4.78 is 0. The summed E-state index contributed by atoms with van der Waals surface area (Å²) in [4.78, 5) is 0. The molecule has 1 aliphatic rings. The molecule has 14 heavy (non-hydrogen) atoms. The Bertz CT molecular complexity index is 152. The highest BCUT2D eigenvalue weighted by atomic mass is 14.9. The van der Waals surface area contributed by atoms with Gasteiger partial charge in [-0.25, -0.2) is 0 Å². The van der Waals surface area contributed by atoms with Crippen molar-refractivity contribution < 1.29 is 0 Å². The van der Waals surface area contributed by atoms with Gasteiger partial charge in [0.15, 0.2) is 0 Å². The first kappa shape index (κ1) is 12.0. The molecule has 1 rings (SSSR count). The van der Waals surface area contributed by atoms with Crippen LogP contribution in [0.3, 0.4) is 0 Å². The van der Waals surface area contributed by atoms with E-state index in [0.717, 1.165) is 13.1 Å². The predicted octanol–water partition coefficient (Wildman–Crippen LogP) is 2.15. The van der Waals surface area contributed by atoms with Crippen molar-refractivity contribution >= 4 is 0 Å². The molecule has 2 nitrogen and oxygen atoms in total. The fraction of sp³-hybridized carbons (Fsp3) is 1.00. The van der Waals surface area contributed by atoms with Gasteiger partial charge >= 0.3 is 0 Å². The van der Waals surface area contributed by atoms with Crippen LogP contribution in [0.2, 0.25) is 0 Å². The standard InChI is InChI=1S/C12H26N2/c1-4-12(7-8-12)10-13-9-6-11(3)14-5-2/h11,13-14H,4-10H2,1-3H3. The molecule has 0 amide bonds. The van der Waals surface area contributed by atoms with Crippen molar-refractivity contribution in [2.75, 3.05) is 19.6 Å². The minimum absolute atomic E-state index is 0.657. The van der Waals surface area contributed by atoms with Crippen LogP contribution >= 0.6 is 0 Å². The fourth-order valence-electron chi connectivity index (χ4n) is 1.95. The summed E-state index contributed by atoms with van der Waals surface area (Å²) in [6, 6.07) is 0.657. The van der Waals surface area contributed by atoms with Gasteiger partial charge in [0.1, 0.15) is 0 Å². The SMILES string of the molecule is CCNC(C)CCNCC1(CC)CC1. The van der Waals surface area contributed by atoms with Gasteiger partial charge in [-0.05, 0) is 51.1 Å². The smallest absolute Gasteiger partial charge is 0.00506 e. The Balaban J connectivity index is 1.94. The lowest BCUT2D eigenvalue weighted by Gasteiger charge is -2.16. The molecule has 84 valence electrons. The maximum Gasteiger partial charge on any atom is 0.00506 e. The lowest BCUT2D eigenvalue weighted by atomic mass is 10.0. The van der Waals surface area contributed by atoms with E-state index in [-0.39, 0.29) is 0 Å². The van der Waals surface area contributed by atoms with E-state index in [9.17, 15) is 0 Å². The van der Waals surface area contributed by atoms with Crippen LogP contribution in [0, 0.1) is 5.41 Å². The Morgan fingerprint density at radius 2 is 2.00 bits per heavy atom. The summed E-state index contributed by atoms with van der Waals surface area (Å²) in [6.07, 6.45) is 5.48. The zero-order valence-corrected chi connectivity index (χ0v) is 10.0. The average Bonchev–Trinajstić information content (AvgIpc) is 2.94. The van der Waals surface area contributed by atoms with Gasteiger partial charge in [0.2, 0.25) is 0 Å². The first-order chi connectivity index (χ1) is 6.72. The van der Waals surface area contributed by atoms with Crippen LogP contribution in [0.25, 0.3) is 0 Å². The van der Waals surface area contributed by atoms with Gasteiger partial charge in [-0.2, -0.15) is 0 Å². The lowest BCUT2D eigenvalue weighted by Crippen LogP contribution is -2.31. The molecular weight excluding hydrogens is 172 g/mol. The molecule has 1 unspecified atom stereocenters. The predicted molar refractivity (Wildman–Crippen MR) is 62.6 cm³/mol. The van der Waals surface area contributed by atoms with Crippen molar-refractivity contribution in [2.45, 2.75) is 52.5 Å². The van der Waals surface area contributed by atoms with Gasteiger partial charge in [0.05, 0.1) is 0 Å². The Morgan fingerprint density at radius 1 is 1.29 bits per heavy atom. The highest BCUT2D eigenvalue weighted by molar-refractivity contribution is 4.93. The summed E-state index contributed by atoms with van der Waals surface area (Å²) >= 11 is 0. The third-order valence-electron chi connectivity index (χ3n) is 3.51. The van der Waals surface area contributed by atoms with Crippen LogP contribution in [0.4, 0.5) is 0 Å². The zero-order chi connectivity index (χ0) is 10.4. The highest BCUT2D eigenvalue weighted by Crippen LogP contribution is 2.47. The van der Waals surface area contributed by atoms with Gasteiger partial charge < -0.3 is 10.6 Å². The van der Waals surface area contributed by atoms with Crippen molar-refractivity contribution in [1.82, 2.24) is 10.6 Å². The minimum Gasteiger partial charge on any atom is -0.316 e. The van der Waals surface area contributed by atoms with E-state index in [1.54, 1.807) is 0 Å². The van der Waals surface area contributed by atoms with Crippen molar-refractivity contribution in [3.05, 3.63) is 0 Å². The van der Waals surface area contributed by atoms with Crippen molar-refractivity contribution in [3.8, 4) is 0 Å². The third kappa shape index (κ3) is 3.97. The topological polar surface area (TPSA) is 24.1 Å². The van der Waals surface area contributed by atoms with Gasteiger partial charge in [-0.3, -0.25) is 0 Å². The van der Waals surface area contributed by atoms with Crippen LogP contribution in [-0.4, -0.2) is 25.7 Å². The Kier molecular flexibility index (Phi) is 4.90. The largest absolute Gasteiger partial charge is 0.316 e. The van der Waals surface area contributed by atoms with Gasteiger partial charge in [-0.1, -0.05) is 13.8 Å². The van der Waals surface area contributed by atoms with E-state index in [4.69, 9.17) is 0 Å². The third-order valence-corrected chi connectivity index (χ3v) is 3.51. The molecule has 2 N–H and O–H groups in total. The van der Waals surface area contributed by atoms with Crippen LogP contribution in [-0.2, 0) is 0 Å². The van der Waals surface area contributed by atoms with Crippen LogP contribution < -0.4 is 10.6 Å². The second-order valence-electron chi connectivity index (χ2n) is 4.78. The molecule has 0 aliphatic heterocycles. The lowest BCUT2D eigenvalue weighted by molar-refractivity contribution is 0.425.